The Bertz CT molecular complexity index is 602. The molecule has 1 aliphatic rings. The molecule has 1 aromatic carbocycles. The Labute approximate surface area is 113 Å². The van der Waals surface area contributed by atoms with Gasteiger partial charge in [0.1, 0.15) is 18.2 Å². The van der Waals surface area contributed by atoms with Crippen molar-refractivity contribution in [3.8, 4) is 0 Å². The highest BCUT2D eigenvalue weighted by atomic mass is 19.1. The van der Waals surface area contributed by atoms with Gasteiger partial charge in [-0.25, -0.2) is 8.78 Å². The lowest BCUT2D eigenvalue weighted by Gasteiger charge is -2.16. The highest BCUT2D eigenvalue weighted by molar-refractivity contribution is 6.52. The molecule has 7 heteroatoms. The number of hydrogen-bond donors (Lipinski definition) is 1. The summed E-state index contributed by atoms with van der Waals surface area (Å²) in [5, 5.41) is 2.52. The number of nitrogens with zero attached hydrogens (tertiary/aromatic N) is 1. The average molecular weight is 282 g/mol. The zero-order valence-electron chi connectivity index (χ0n) is 10.7. The molecule has 0 saturated heterocycles. The largest absolute Gasteiger partial charge is 0.355 e. The summed E-state index contributed by atoms with van der Waals surface area (Å²) in [5.41, 5.74) is -0.691. The molecule has 0 fully saturated rings. The van der Waals surface area contributed by atoms with Crippen molar-refractivity contribution in [2.75, 3.05) is 18.0 Å². The first kappa shape index (κ1) is 14.1. The molecular weight excluding hydrogens is 270 g/mol. The van der Waals surface area contributed by atoms with Crippen LogP contribution in [-0.2, 0) is 9.59 Å². The van der Waals surface area contributed by atoms with Crippen LogP contribution in [0.1, 0.15) is 23.7 Å². The minimum atomic E-state index is -1.10. The summed E-state index contributed by atoms with van der Waals surface area (Å²) in [6, 6.07) is 1.40. The number of fused-ring (bicyclic) bond motifs is 1. The molecule has 0 bridgehead atoms. The lowest BCUT2D eigenvalue weighted by Crippen LogP contribution is -2.40. The maximum absolute atomic E-state index is 13.5. The number of anilines is 1. The van der Waals surface area contributed by atoms with Crippen molar-refractivity contribution in [1.29, 1.82) is 0 Å². The van der Waals surface area contributed by atoms with E-state index in [-0.39, 0.29) is 5.69 Å². The maximum atomic E-state index is 13.5. The normalized spacial score (nSPS) is 13.7. The second-order valence-electron chi connectivity index (χ2n) is 4.35. The monoisotopic (exact) mass is 282 g/mol. The molecule has 0 radical (unpaired) electrons. The fraction of sp³-hybridized carbons (Fsp3) is 0.308. The molecule has 1 heterocycles. The summed E-state index contributed by atoms with van der Waals surface area (Å²) in [6.07, 6.45) is 0.707. The standard InChI is InChI=1S/C13H12F2N2O3/c1-2-3-16-10(18)6-17-9-5-7(14)4-8(15)11(9)12(19)13(17)20/h4-5H,2-3,6H2,1H3,(H,16,18). The van der Waals surface area contributed by atoms with Gasteiger partial charge in [0.15, 0.2) is 0 Å². The first-order valence-corrected chi connectivity index (χ1v) is 6.07. The van der Waals surface area contributed by atoms with Crippen LogP contribution in [0.15, 0.2) is 12.1 Å². The van der Waals surface area contributed by atoms with Crippen molar-refractivity contribution < 1.29 is 23.2 Å². The van der Waals surface area contributed by atoms with E-state index in [0.29, 0.717) is 19.0 Å². The van der Waals surface area contributed by atoms with E-state index in [0.717, 1.165) is 11.0 Å². The second kappa shape index (κ2) is 5.36. The van der Waals surface area contributed by atoms with E-state index in [2.05, 4.69) is 5.32 Å². The van der Waals surface area contributed by atoms with E-state index in [4.69, 9.17) is 0 Å². The third-order valence-electron chi connectivity index (χ3n) is 2.87. The van der Waals surface area contributed by atoms with Crippen LogP contribution in [-0.4, -0.2) is 30.7 Å². The quantitative estimate of drug-likeness (QED) is 0.838. The molecule has 1 aliphatic heterocycles. The van der Waals surface area contributed by atoms with Crippen LogP contribution in [0, 0.1) is 11.6 Å². The summed E-state index contributed by atoms with van der Waals surface area (Å²) < 4.78 is 26.7. The van der Waals surface area contributed by atoms with Crippen molar-refractivity contribution >= 4 is 23.3 Å². The molecular formula is C13H12F2N2O3. The van der Waals surface area contributed by atoms with Gasteiger partial charge in [-0.15, -0.1) is 0 Å². The number of nitrogens with one attached hydrogen (secondary N) is 1. The fourth-order valence-electron chi connectivity index (χ4n) is 1.96. The number of carbonyl (C=O) groups is 3. The van der Waals surface area contributed by atoms with Crippen LogP contribution in [0.25, 0.3) is 0 Å². The number of amides is 2. The number of carbonyl (C=O) groups excluding carboxylic acids is 3. The SMILES string of the molecule is CCCNC(=O)CN1C(=O)C(=O)c2c(F)cc(F)cc21. The van der Waals surface area contributed by atoms with Gasteiger partial charge in [-0.1, -0.05) is 6.92 Å². The predicted octanol–water partition coefficient (Wildman–Crippen LogP) is 1.02. The number of halogens is 2. The number of benzene rings is 1. The third kappa shape index (κ3) is 2.38. The predicted molar refractivity (Wildman–Crippen MR) is 66.3 cm³/mol. The number of hydrogen-bond acceptors (Lipinski definition) is 3. The topological polar surface area (TPSA) is 66.5 Å². The van der Waals surface area contributed by atoms with Crippen molar-refractivity contribution in [2.24, 2.45) is 0 Å². The molecule has 0 spiro atoms. The Morgan fingerprint density at radius 1 is 1.30 bits per heavy atom. The maximum Gasteiger partial charge on any atom is 0.300 e. The van der Waals surface area contributed by atoms with Crippen LogP contribution in [0.5, 0.6) is 0 Å². The first-order valence-electron chi connectivity index (χ1n) is 6.07. The molecule has 0 unspecified atom stereocenters. The Balaban J connectivity index is 2.31. The minimum absolute atomic E-state index is 0.204. The highest BCUT2D eigenvalue weighted by Gasteiger charge is 2.39. The van der Waals surface area contributed by atoms with Crippen molar-refractivity contribution in [1.82, 2.24) is 5.32 Å². The molecule has 20 heavy (non-hydrogen) atoms. The van der Waals surface area contributed by atoms with Crippen LogP contribution in [0.3, 0.4) is 0 Å². The van der Waals surface area contributed by atoms with Crippen molar-refractivity contribution in [2.45, 2.75) is 13.3 Å². The molecule has 1 aromatic rings. The number of ketones is 1. The minimum Gasteiger partial charge on any atom is -0.355 e. The molecule has 0 aromatic heterocycles. The molecule has 1 N–H and O–H groups in total. The first-order chi connectivity index (χ1) is 9.45. The zero-order chi connectivity index (χ0) is 14.9. The van der Waals surface area contributed by atoms with Crippen molar-refractivity contribution in [3.05, 3.63) is 29.3 Å². The Hall–Kier alpha value is -2.31. The lowest BCUT2D eigenvalue weighted by atomic mass is 10.1. The second-order valence-corrected chi connectivity index (χ2v) is 4.35. The molecule has 0 aliphatic carbocycles. The van der Waals surface area contributed by atoms with Crippen LogP contribution < -0.4 is 10.2 Å². The van der Waals surface area contributed by atoms with Gasteiger partial charge in [0.05, 0.1) is 11.3 Å². The van der Waals surface area contributed by atoms with Gasteiger partial charge < -0.3 is 5.32 Å². The summed E-state index contributed by atoms with van der Waals surface area (Å²) in [7, 11) is 0. The molecule has 0 saturated carbocycles. The number of Topliss-reactive ketones (excluding diaryl/α,β-unsaturated/α-hetero) is 1. The lowest BCUT2D eigenvalue weighted by molar-refractivity contribution is -0.122. The van der Waals surface area contributed by atoms with Gasteiger partial charge in [0.2, 0.25) is 5.91 Å². The Morgan fingerprint density at radius 2 is 2.00 bits per heavy atom. The summed E-state index contributed by atoms with van der Waals surface area (Å²) in [5.74, 6) is -4.61. The van der Waals surface area contributed by atoms with Crippen LogP contribution in [0.2, 0.25) is 0 Å². The number of rotatable bonds is 4. The van der Waals surface area contributed by atoms with Gasteiger partial charge in [0, 0.05) is 12.6 Å². The summed E-state index contributed by atoms with van der Waals surface area (Å²) in [6.45, 7) is 1.82. The fourth-order valence-corrected chi connectivity index (χ4v) is 1.96. The van der Waals surface area contributed by atoms with E-state index in [1.807, 2.05) is 6.92 Å². The van der Waals surface area contributed by atoms with E-state index >= 15 is 0 Å². The van der Waals surface area contributed by atoms with Gasteiger partial charge in [-0.3, -0.25) is 19.3 Å². The molecule has 2 amide bonds. The zero-order valence-corrected chi connectivity index (χ0v) is 10.7. The van der Waals surface area contributed by atoms with E-state index in [9.17, 15) is 23.2 Å². The molecule has 106 valence electrons. The highest BCUT2D eigenvalue weighted by Crippen LogP contribution is 2.31. The Morgan fingerprint density at radius 3 is 2.65 bits per heavy atom. The molecule has 0 atom stereocenters. The Kier molecular flexibility index (Phi) is 3.78. The smallest absolute Gasteiger partial charge is 0.300 e. The van der Waals surface area contributed by atoms with Gasteiger partial charge in [0.25, 0.3) is 11.7 Å². The van der Waals surface area contributed by atoms with E-state index < -0.39 is 41.3 Å². The van der Waals surface area contributed by atoms with Gasteiger partial charge in [-0.2, -0.15) is 0 Å². The van der Waals surface area contributed by atoms with Gasteiger partial charge >= 0.3 is 0 Å². The van der Waals surface area contributed by atoms with E-state index in [1.54, 1.807) is 0 Å². The van der Waals surface area contributed by atoms with Gasteiger partial charge in [-0.05, 0) is 12.5 Å². The molecule has 2 rings (SSSR count). The third-order valence-corrected chi connectivity index (χ3v) is 2.87. The average Bonchev–Trinajstić information content (AvgIpc) is 2.61. The van der Waals surface area contributed by atoms with Crippen LogP contribution in [0.4, 0.5) is 14.5 Å². The van der Waals surface area contributed by atoms with Crippen molar-refractivity contribution in [3.63, 3.8) is 0 Å². The summed E-state index contributed by atoms with van der Waals surface area (Å²) in [4.78, 5) is 35.8. The van der Waals surface area contributed by atoms with E-state index in [1.165, 1.54) is 0 Å². The van der Waals surface area contributed by atoms with Crippen LogP contribution >= 0.6 is 0 Å². The molecule has 5 nitrogen and oxygen atoms in total. The summed E-state index contributed by atoms with van der Waals surface area (Å²) >= 11 is 0.